The second-order valence-corrected chi connectivity index (χ2v) is 11.6. The van der Waals surface area contributed by atoms with Crippen LogP contribution in [-0.2, 0) is 36.6 Å². The van der Waals surface area contributed by atoms with Crippen molar-refractivity contribution in [3.05, 3.63) is 34.9 Å². The Labute approximate surface area is 159 Å². The number of thioether (sulfide) groups is 2. The zero-order valence-electron chi connectivity index (χ0n) is 13.9. The molecule has 0 aliphatic rings. The van der Waals surface area contributed by atoms with E-state index < -0.39 is 27.0 Å². The molecule has 0 aromatic heterocycles. The number of carbonyl (C=O) groups excluding carboxylic acids is 2. The fourth-order valence-corrected chi connectivity index (χ4v) is 5.43. The summed E-state index contributed by atoms with van der Waals surface area (Å²) in [6.45, 7) is 2.74. The molecule has 0 amide bonds. The SMILES string of the molecule is CC(=O)SCc1cc(CSC(C)=O)cc(CC(P(=O)([O-])[O-])P(=O)([O-])[O-])c1. The number of rotatable bonds is 8. The maximum Gasteiger partial charge on any atom is 0.186 e. The van der Waals surface area contributed by atoms with E-state index in [4.69, 9.17) is 0 Å². The number of hydrogen-bond donors (Lipinski definition) is 0. The van der Waals surface area contributed by atoms with Crippen LogP contribution >= 0.6 is 38.7 Å². The minimum atomic E-state index is -5.66. The smallest absolute Gasteiger partial charge is 0.186 e. The lowest BCUT2D eigenvalue weighted by Gasteiger charge is -2.49. The van der Waals surface area contributed by atoms with Gasteiger partial charge in [-0.2, -0.15) is 0 Å². The summed E-state index contributed by atoms with van der Waals surface area (Å²) >= 11 is 1.97. The van der Waals surface area contributed by atoms with Gasteiger partial charge in [0.2, 0.25) is 0 Å². The molecular formula is C14H16O8P2S2-4. The molecule has 146 valence electrons. The molecule has 1 aromatic rings. The highest BCUT2D eigenvalue weighted by Gasteiger charge is 2.19. The van der Waals surface area contributed by atoms with Crippen LogP contribution in [0.1, 0.15) is 30.5 Å². The molecule has 0 unspecified atom stereocenters. The lowest BCUT2D eigenvalue weighted by molar-refractivity contribution is -0.329. The van der Waals surface area contributed by atoms with E-state index in [1.54, 1.807) is 6.07 Å². The van der Waals surface area contributed by atoms with E-state index in [1.807, 2.05) is 0 Å². The van der Waals surface area contributed by atoms with Gasteiger partial charge in [-0.25, -0.2) is 0 Å². The van der Waals surface area contributed by atoms with Crippen LogP contribution in [-0.4, -0.2) is 15.6 Å². The topological polar surface area (TPSA) is 161 Å². The molecule has 0 aliphatic heterocycles. The van der Waals surface area contributed by atoms with Crippen LogP contribution in [0.2, 0.25) is 0 Å². The molecule has 0 N–H and O–H groups in total. The van der Waals surface area contributed by atoms with Crippen LogP contribution < -0.4 is 19.6 Å². The predicted molar refractivity (Wildman–Crippen MR) is 93.1 cm³/mol. The Balaban J connectivity index is 3.21. The van der Waals surface area contributed by atoms with Gasteiger partial charge in [-0.15, -0.1) is 0 Å². The first-order valence-corrected chi connectivity index (χ1v) is 12.4. The van der Waals surface area contributed by atoms with Gasteiger partial charge in [-0.3, -0.25) is 9.59 Å². The standard InChI is InChI=1S/C14H20O8P2S2/c1-9(15)25-7-12-3-11(4-13(5-12)8-26-10(2)16)6-14(23(17,18)19)24(20,21)22/h3-5,14H,6-8H2,1-2H3,(H2,17,18,19)(H2,20,21,22)/p-4. The van der Waals surface area contributed by atoms with Crippen LogP contribution in [0.3, 0.4) is 0 Å². The first-order chi connectivity index (χ1) is 11.8. The van der Waals surface area contributed by atoms with Gasteiger partial charge in [-0.05, 0) is 23.1 Å². The molecule has 8 nitrogen and oxygen atoms in total. The van der Waals surface area contributed by atoms with Crippen molar-refractivity contribution in [2.45, 2.75) is 37.2 Å². The molecule has 1 aromatic carbocycles. The van der Waals surface area contributed by atoms with Crippen LogP contribution in [0.5, 0.6) is 0 Å². The number of hydrogen-bond acceptors (Lipinski definition) is 10. The Morgan fingerprint density at radius 3 is 1.50 bits per heavy atom. The summed E-state index contributed by atoms with van der Waals surface area (Å²) in [6.07, 6.45) is -0.773. The van der Waals surface area contributed by atoms with Crippen LogP contribution in [0.25, 0.3) is 0 Å². The van der Waals surface area contributed by atoms with Gasteiger partial charge >= 0.3 is 0 Å². The molecule has 0 heterocycles. The lowest BCUT2D eigenvalue weighted by Crippen LogP contribution is -2.35. The van der Waals surface area contributed by atoms with Crippen molar-refractivity contribution in [3.63, 3.8) is 0 Å². The Hall–Kier alpha value is -0.440. The van der Waals surface area contributed by atoms with Crippen molar-refractivity contribution < 1.29 is 38.3 Å². The van der Waals surface area contributed by atoms with E-state index in [9.17, 15) is 38.3 Å². The van der Waals surface area contributed by atoms with Gasteiger partial charge in [0.25, 0.3) is 0 Å². The van der Waals surface area contributed by atoms with Crippen molar-refractivity contribution in [2.75, 3.05) is 0 Å². The van der Waals surface area contributed by atoms with E-state index in [1.165, 1.54) is 26.0 Å². The Morgan fingerprint density at radius 2 is 1.19 bits per heavy atom. The highest BCUT2D eigenvalue weighted by molar-refractivity contribution is 8.13. The Morgan fingerprint density at radius 1 is 0.846 bits per heavy atom. The van der Waals surface area contributed by atoms with Gasteiger partial charge in [0.05, 0.1) is 0 Å². The molecule has 12 heteroatoms. The van der Waals surface area contributed by atoms with Crippen molar-refractivity contribution in [2.24, 2.45) is 0 Å². The summed E-state index contributed by atoms with van der Waals surface area (Å²) in [5.74, 6) is 0.481. The Kier molecular flexibility index (Phi) is 8.77. The van der Waals surface area contributed by atoms with Crippen molar-refractivity contribution >= 4 is 48.9 Å². The molecule has 0 radical (unpaired) electrons. The molecule has 0 fully saturated rings. The molecule has 0 bridgehead atoms. The van der Waals surface area contributed by atoms with Crippen LogP contribution in [0.4, 0.5) is 0 Å². The maximum atomic E-state index is 11.2. The monoisotopic (exact) mass is 438 g/mol. The van der Waals surface area contributed by atoms with E-state index >= 15 is 0 Å². The summed E-state index contributed by atoms with van der Waals surface area (Å²) in [5, 5.41) is -2.89. The van der Waals surface area contributed by atoms with Gasteiger partial charge in [0.15, 0.2) is 10.2 Å². The third-order valence-electron chi connectivity index (χ3n) is 3.14. The molecule has 0 atom stereocenters. The fourth-order valence-electron chi connectivity index (χ4n) is 2.10. The van der Waals surface area contributed by atoms with Crippen LogP contribution in [0, 0.1) is 0 Å². The fraction of sp³-hybridized carbons (Fsp3) is 0.429. The molecule has 26 heavy (non-hydrogen) atoms. The molecule has 0 aliphatic carbocycles. The first kappa shape index (κ1) is 23.6. The normalized spacial score (nSPS) is 12.4. The van der Waals surface area contributed by atoms with Gasteiger partial charge in [0, 0.05) is 30.8 Å². The van der Waals surface area contributed by atoms with E-state index in [2.05, 4.69) is 0 Å². The first-order valence-electron chi connectivity index (χ1n) is 7.21. The largest absolute Gasteiger partial charge is 0.810 e. The van der Waals surface area contributed by atoms with E-state index in [0.717, 1.165) is 23.5 Å². The highest BCUT2D eigenvalue weighted by atomic mass is 32.2. The third kappa shape index (κ3) is 8.50. The zero-order chi connectivity index (χ0) is 20.1. The van der Waals surface area contributed by atoms with Crippen molar-refractivity contribution in [1.82, 2.24) is 0 Å². The van der Waals surface area contributed by atoms with E-state index in [0.29, 0.717) is 11.1 Å². The highest BCUT2D eigenvalue weighted by Crippen LogP contribution is 2.51. The summed E-state index contributed by atoms with van der Waals surface area (Å²) in [6, 6.07) is 4.57. The van der Waals surface area contributed by atoms with E-state index in [-0.39, 0.29) is 27.3 Å². The Bertz CT molecular complexity index is 712. The summed E-state index contributed by atoms with van der Waals surface area (Å²) in [5.41, 5.74) is 1.33. The predicted octanol–water partition coefficient (Wildman–Crippen LogP) is -0.0580. The zero-order valence-corrected chi connectivity index (χ0v) is 17.3. The van der Waals surface area contributed by atoms with Crippen molar-refractivity contribution in [1.29, 1.82) is 0 Å². The molecule has 0 saturated carbocycles. The molecular weight excluding hydrogens is 422 g/mol. The third-order valence-corrected chi connectivity index (χ3v) is 8.44. The van der Waals surface area contributed by atoms with Crippen molar-refractivity contribution in [3.8, 4) is 0 Å². The number of benzene rings is 1. The molecule has 1 rings (SSSR count). The number of carbonyl (C=O) groups is 2. The average molecular weight is 438 g/mol. The summed E-state index contributed by atoms with van der Waals surface area (Å²) in [4.78, 5) is 67.0. The summed E-state index contributed by atoms with van der Waals surface area (Å²) < 4.78 is 22.4. The van der Waals surface area contributed by atoms with Crippen LogP contribution in [0.15, 0.2) is 18.2 Å². The summed E-state index contributed by atoms with van der Waals surface area (Å²) in [7, 11) is -11.3. The quantitative estimate of drug-likeness (QED) is 0.503. The molecule has 0 saturated heterocycles. The average Bonchev–Trinajstić information content (AvgIpc) is 2.46. The van der Waals surface area contributed by atoms with Gasteiger partial charge in [-0.1, -0.05) is 56.9 Å². The molecule has 0 spiro atoms. The second kappa shape index (κ2) is 9.66. The van der Waals surface area contributed by atoms with Gasteiger partial charge < -0.3 is 28.7 Å². The maximum absolute atomic E-state index is 11.2. The lowest BCUT2D eigenvalue weighted by atomic mass is 10.1. The second-order valence-electron chi connectivity index (χ2n) is 5.48. The minimum absolute atomic E-state index is 0.153. The minimum Gasteiger partial charge on any atom is -0.810 e. The van der Waals surface area contributed by atoms with Gasteiger partial charge in [0.1, 0.15) is 0 Å².